The molecule has 0 unspecified atom stereocenters. The van der Waals surface area contributed by atoms with Crippen LogP contribution in [0.2, 0.25) is 0 Å². The Bertz CT molecular complexity index is 2470. The van der Waals surface area contributed by atoms with Crippen molar-refractivity contribution in [3.63, 3.8) is 0 Å². The minimum absolute atomic E-state index is 0.755. The summed E-state index contributed by atoms with van der Waals surface area (Å²) in [5.74, 6) is 0. The van der Waals surface area contributed by atoms with E-state index in [2.05, 4.69) is 152 Å². The summed E-state index contributed by atoms with van der Waals surface area (Å²) in [7, 11) is 12.6. The molecule has 2 heterocycles. The highest BCUT2D eigenvalue weighted by molar-refractivity contribution is 9.10. The maximum atomic E-state index is 6.31. The van der Waals surface area contributed by atoms with Crippen molar-refractivity contribution in [1.82, 2.24) is 9.13 Å². The van der Waals surface area contributed by atoms with Crippen molar-refractivity contribution in [1.29, 1.82) is 0 Å². The molecule has 0 saturated heterocycles. The maximum absolute atomic E-state index is 6.31. The van der Waals surface area contributed by atoms with E-state index < -0.39 is 0 Å². The Labute approximate surface area is 283 Å². The van der Waals surface area contributed by atoms with E-state index in [1.165, 1.54) is 10.8 Å². The molecule has 0 aliphatic rings. The van der Waals surface area contributed by atoms with Crippen molar-refractivity contribution in [2.24, 2.45) is 0 Å². The Morgan fingerprint density at radius 2 is 0.745 bits per heavy atom. The fourth-order valence-corrected chi connectivity index (χ4v) is 7.57. The zero-order chi connectivity index (χ0) is 31.6. The average Bonchev–Trinajstić information content (AvgIpc) is 3.60. The van der Waals surface area contributed by atoms with Crippen LogP contribution in [0.15, 0.2) is 156 Å². The molecule has 0 amide bonds. The standard InChI is InChI=1S/C42H25B2BrN2/c43-30-13-17-41-37(24-30)35-22-26(11-15-39(35)46(41)33-7-3-1-4-8-33)28-19-29(21-32(45)20-28)27-12-16-40-36(23-27)38-25-31(44)14-18-42(38)47(40)34-9-5-2-6-10-34/h1-25H. The number of para-hydroxylation sites is 2. The molecule has 0 atom stereocenters. The highest BCUT2D eigenvalue weighted by Crippen LogP contribution is 2.39. The Balaban J connectivity index is 1.21. The van der Waals surface area contributed by atoms with Crippen LogP contribution in [0.25, 0.3) is 77.2 Å². The molecule has 0 fully saturated rings. The first kappa shape index (κ1) is 28.0. The van der Waals surface area contributed by atoms with Gasteiger partial charge in [-0.25, -0.2) is 0 Å². The van der Waals surface area contributed by atoms with Gasteiger partial charge in [0.05, 0.1) is 22.1 Å². The SMILES string of the molecule is [B]c1ccc2c(c1)c1cc(-c3cc(Br)cc(-c4ccc5c(c4)c4cc([B])ccc4n5-c4ccccc4)c3)ccc1n2-c1ccccc1. The van der Waals surface area contributed by atoms with Crippen LogP contribution in [0, 0.1) is 0 Å². The molecule has 9 aromatic rings. The van der Waals surface area contributed by atoms with E-state index in [0.717, 1.165) is 81.9 Å². The highest BCUT2D eigenvalue weighted by atomic mass is 79.9. The summed E-state index contributed by atoms with van der Waals surface area (Å²) in [4.78, 5) is 0. The Morgan fingerprint density at radius 3 is 1.17 bits per heavy atom. The summed E-state index contributed by atoms with van der Waals surface area (Å²) in [5.41, 5.74) is 12.9. The molecule has 7 aromatic carbocycles. The quantitative estimate of drug-likeness (QED) is 0.167. The van der Waals surface area contributed by atoms with Gasteiger partial charge in [-0.15, -0.1) is 0 Å². The van der Waals surface area contributed by atoms with E-state index in [1.807, 2.05) is 24.3 Å². The van der Waals surface area contributed by atoms with Crippen molar-refractivity contribution in [2.75, 3.05) is 0 Å². The summed E-state index contributed by atoms with van der Waals surface area (Å²) < 4.78 is 5.65. The second-order valence-electron chi connectivity index (χ2n) is 12.1. The molecule has 2 aromatic heterocycles. The van der Waals surface area contributed by atoms with Crippen molar-refractivity contribution in [3.05, 3.63) is 156 Å². The lowest BCUT2D eigenvalue weighted by Gasteiger charge is -2.11. The van der Waals surface area contributed by atoms with Gasteiger partial charge in [0.25, 0.3) is 0 Å². The van der Waals surface area contributed by atoms with Crippen molar-refractivity contribution in [2.45, 2.75) is 0 Å². The average molecular weight is 659 g/mol. The van der Waals surface area contributed by atoms with Crippen LogP contribution >= 0.6 is 15.9 Å². The highest BCUT2D eigenvalue weighted by Gasteiger charge is 2.16. The van der Waals surface area contributed by atoms with Crippen molar-refractivity contribution >= 4 is 86.2 Å². The zero-order valence-corrected chi connectivity index (χ0v) is 26.9. The van der Waals surface area contributed by atoms with Crippen LogP contribution in [0.5, 0.6) is 0 Å². The molecular formula is C42H25B2BrN2. The number of fused-ring (bicyclic) bond motifs is 6. The molecule has 0 bridgehead atoms. The van der Waals surface area contributed by atoms with E-state index in [-0.39, 0.29) is 0 Å². The minimum Gasteiger partial charge on any atom is -0.309 e. The second kappa shape index (κ2) is 10.9. The third kappa shape index (κ3) is 4.65. The van der Waals surface area contributed by atoms with Gasteiger partial charge < -0.3 is 9.13 Å². The number of rotatable bonds is 4. The van der Waals surface area contributed by atoms with Crippen LogP contribution in [-0.2, 0) is 0 Å². The number of halogens is 1. The van der Waals surface area contributed by atoms with Crippen molar-refractivity contribution < 1.29 is 0 Å². The van der Waals surface area contributed by atoms with E-state index in [0.29, 0.717) is 0 Å². The van der Waals surface area contributed by atoms with Crippen molar-refractivity contribution in [3.8, 4) is 33.6 Å². The van der Waals surface area contributed by atoms with Gasteiger partial charge in [0.2, 0.25) is 0 Å². The van der Waals surface area contributed by atoms with Crippen LogP contribution in [0.3, 0.4) is 0 Å². The summed E-state index contributed by atoms with van der Waals surface area (Å²) in [6.07, 6.45) is 0. The molecule has 216 valence electrons. The number of benzene rings is 7. The van der Waals surface area contributed by atoms with Gasteiger partial charge in [-0.2, -0.15) is 0 Å². The summed E-state index contributed by atoms with van der Waals surface area (Å²) in [5, 5.41) is 4.62. The molecule has 0 aliphatic carbocycles. The zero-order valence-electron chi connectivity index (χ0n) is 25.4. The van der Waals surface area contributed by atoms with Crippen LogP contribution in [0.4, 0.5) is 0 Å². The Hall–Kier alpha value is -5.25. The van der Waals surface area contributed by atoms with Crippen LogP contribution in [-0.4, -0.2) is 24.8 Å². The fraction of sp³-hybridized carbons (Fsp3) is 0. The topological polar surface area (TPSA) is 9.86 Å². The van der Waals surface area contributed by atoms with Gasteiger partial charge in [-0.05, 0) is 101 Å². The Morgan fingerprint density at radius 1 is 0.362 bits per heavy atom. The lowest BCUT2D eigenvalue weighted by molar-refractivity contribution is 1.18. The Kier molecular flexibility index (Phi) is 6.51. The third-order valence-electron chi connectivity index (χ3n) is 9.17. The normalized spacial score (nSPS) is 11.7. The molecule has 4 radical (unpaired) electrons. The molecule has 47 heavy (non-hydrogen) atoms. The molecule has 9 rings (SSSR count). The van der Waals surface area contributed by atoms with E-state index in [1.54, 1.807) is 0 Å². The summed E-state index contributed by atoms with van der Waals surface area (Å²) in [6.45, 7) is 0. The monoisotopic (exact) mass is 658 g/mol. The molecule has 0 spiro atoms. The molecule has 0 aliphatic heterocycles. The van der Waals surface area contributed by atoms with E-state index in [9.17, 15) is 0 Å². The predicted molar refractivity (Wildman–Crippen MR) is 204 cm³/mol. The molecular weight excluding hydrogens is 634 g/mol. The first-order valence-corrected chi connectivity index (χ1v) is 16.4. The van der Waals surface area contributed by atoms with Crippen LogP contribution < -0.4 is 10.9 Å². The van der Waals surface area contributed by atoms with E-state index >= 15 is 0 Å². The minimum atomic E-state index is 0.755. The lowest BCUT2D eigenvalue weighted by Crippen LogP contribution is -2.00. The summed E-state index contributed by atoms with van der Waals surface area (Å²) >= 11 is 3.83. The maximum Gasteiger partial charge on any atom is 0.113 e. The first-order chi connectivity index (χ1) is 23.0. The second-order valence-corrected chi connectivity index (χ2v) is 13.0. The van der Waals surface area contributed by atoms with E-state index in [4.69, 9.17) is 15.7 Å². The number of aromatic nitrogens is 2. The molecule has 5 heteroatoms. The number of hydrogen-bond donors (Lipinski definition) is 0. The molecule has 0 saturated carbocycles. The molecule has 0 N–H and O–H groups in total. The van der Waals surface area contributed by atoms with Gasteiger partial charge >= 0.3 is 0 Å². The number of hydrogen-bond acceptors (Lipinski definition) is 0. The summed E-state index contributed by atoms with van der Waals surface area (Å²) in [6, 6.07) is 53.5. The predicted octanol–water partition coefficient (Wildman–Crippen LogP) is 9.56. The van der Waals surface area contributed by atoms with Gasteiger partial charge in [0, 0.05) is 37.4 Å². The largest absolute Gasteiger partial charge is 0.309 e. The lowest BCUT2D eigenvalue weighted by atomic mass is 9.93. The van der Waals surface area contributed by atoms with Gasteiger partial charge in [0.15, 0.2) is 0 Å². The smallest absolute Gasteiger partial charge is 0.113 e. The van der Waals surface area contributed by atoms with Gasteiger partial charge in [-0.3, -0.25) is 0 Å². The fourth-order valence-electron chi connectivity index (χ4n) is 7.07. The first-order valence-electron chi connectivity index (χ1n) is 15.6. The molecule has 2 nitrogen and oxygen atoms in total. The third-order valence-corrected chi connectivity index (χ3v) is 9.63. The number of nitrogens with zero attached hydrogens (tertiary/aromatic N) is 2. The van der Waals surface area contributed by atoms with Crippen LogP contribution in [0.1, 0.15) is 0 Å². The van der Waals surface area contributed by atoms with Gasteiger partial charge in [0.1, 0.15) is 15.7 Å². The van der Waals surface area contributed by atoms with Gasteiger partial charge in [-0.1, -0.05) is 99.7 Å².